The lowest BCUT2D eigenvalue weighted by Gasteiger charge is -2.13. The molecule has 0 saturated heterocycles. The molecule has 2 rings (SSSR count). The Kier molecular flexibility index (Phi) is 5.49. The summed E-state index contributed by atoms with van der Waals surface area (Å²) in [5, 5.41) is 3.64. The normalized spacial score (nSPS) is 10.8. The van der Waals surface area contributed by atoms with Crippen molar-refractivity contribution in [3.63, 3.8) is 0 Å². The zero-order valence-electron chi connectivity index (χ0n) is 13.3. The molecule has 0 aliphatic heterocycles. The zero-order chi connectivity index (χ0) is 16.1. The quantitative estimate of drug-likeness (QED) is 0.832. The molecule has 1 aromatic heterocycles. The van der Waals surface area contributed by atoms with Crippen LogP contribution < -0.4 is 10.1 Å². The molecule has 22 heavy (non-hydrogen) atoms. The first-order valence-corrected chi connectivity index (χ1v) is 8.10. The number of hydrogen-bond acceptors (Lipinski definition) is 4. The number of thioether (sulfide) groups is 1. The second kappa shape index (κ2) is 7.35. The topological polar surface area (TPSA) is 56.2 Å². The molecule has 1 heterocycles. The summed E-state index contributed by atoms with van der Waals surface area (Å²) in [5.41, 5.74) is 2.06. The molecular weight excluding hydrogens is 298 g/mol. The Morgan fingerprint density at radius 2 is 2.23 bits per heavy atom. The van der Waals surface area contributed by atoms with Crippen LogP contribution in [-0.4, -0.2) is 34.4 Å². The highest BCUT2D eigenvalue weighted by Crippen LogP contribution is 2.28. The van der Waals surface area contributed by atoms with Crippen LogP contribution in [0, 0.1) is 6.92 Å². The molecule has 0 radical (unpaired) electrons. The third-order valence-corrected chi connectivity index (χ3v) is 3.95. The average molecular weight is 319 g/mol. The Hall–Kier alpha value is -1.95. The van der Waals surface area contributed by atoms with Crippen LogP contribution in [-0.2, 0) is 4.79 Å². The zero-order valence-corrected chi connectivity index (χ0v) is 14.1. The fourth-order valence-electron chi connectivity index (χ4n) is 2.06. The van der Waals surface area contributed by atoms with Crippen LogP contribution in [0.3, 0.4) is 0 Å². The van der Waals surface area contributed by atoms with E-state index in [-0.39, 0.29) is 11.9 Å². The minimum Gasteiger partial charge on any atom is -0.495 e. The fraction of sp³-hybridized carbons (Fsp3) is 0.375. The van der Waals surface area contributed by atoms with Crippen LogP contribution >= 0.6 is 11.8 Å². The highest BCUT2D eigenvalue weighted by atomic mass is 32.2. The monoisotopic (exact) mass is 319 g/mol. The van der Waals surface area contributed by atoms with Gasteiger partial charge in [-0.2, -0.15) is 0 Å². The van der Waals surface area contributed by atoms with Crippen molar-refractivity contribution in [1.82, 2.24) is 14.9 Å². The number of carbonyl (C=O) groups is 1. The molecule has 0 unspecified atom stereocenters. The van der Waals surface area contributed by atoms with Crippen LogP contribution in [0.2, 0.25) is 0 Å². The number of methoxy groups -OCH3 is 1. The average Bonchev–Trinajstić information content (AvgIpc) is 2.92. The number of aryl methyl sites for hydroxylation is 1. The van der Waals surface area contributed by atoms with E-state index >= 15 is 0 Å². The number of rotatable bonds is 6. The molecule has 0 spiro atoms. The highest BCUT2D eigenvalue weighted by molar-refractivity contribution is 7.99. The van der Waals surface area contributed by atoms with Gasteiger partial charge >= 0.3 is 0 Å². The third kappa shape index (κ3) is 4.04. The van der Waals surface area contributed by atoms with E-state index in [0.717, 1.165) is 22.2 Å². The summed E-state index contributed by atoms with van der Waals surface area (Å²) < 4.78 is 7.36. The van der Waals surface area contributed by atoms with E-state index in [1.165, 1.54) is 11.8 Å². The lowest BCUT2D eigenvalue weighted by molar-refractivity contribution is -0.119. The molecule has 0 bridgehead atoms. The van der Waals surface area contributed by atoms with Crippen molar-refractivity contribution in [3.05, 3.63) is 36.2 Å². The minimum absolute atomic E-state index is 0.00533. The van der Waals surface area contributed by atoms with Crippen molar-refractivity contribution in [3.8, 4) is 11.4 Å². The number of nitrogens with zero attached hydrogens (tertiary/aromatic N) is 2. The fourth-order valence-corrected chi connectivity index (χ4v) is 2.84. The van der Waals surface area contributed by atoms with Gasteiger partial charge in [0.05, 0.1) is 18.6 Å². The van der Waals surface area contributed by atoms with E-state index in [4.69, 9.17) is 4.74 Å². The third-order valence-electron chi connectivity index (χ3n) is 2.98. The van der Waals surface area contributed by atoms with Gasteiger partial charge in [-0.25, -0.2) is 4.98 Å². The van der Waals surface area contributed by atoms with Gasteiger partial charge in [0.15, 0.2) is 5.16 Å². The van der Waals surface area contributed by atoms with Crippen LogP contribution in [0.4, 0.5) is 0 Å². The number of imidazole rings is 1. The van der Waals surface area contributed by atoms with Crippen molar-refractivity contribution in [2.24, 2.45) is 0 Å². The summed E-state index contributed by atoms with van der Waals surface area (Å²) in [6.45, 7) is 5.92. The number of nitrogens with one attached hydrogen (secondary N) is 1. The number of ether oxygens (including phenoxy) is 1. The molecule has 1 N–H and O–H groups in total. The summed E-state index contributed by atoms with van der Waals surface area (Å²) in [6, 6.07) is 6.12. The Labute approximate surface area is 135 Å². The van der Waals surface area contributed by atoms with E-state index in [9.17, 15) is 4.79 Å². The number of hydrogen-bond donors (Lipinski definition) is 1. The first-order chi connectivity index (χ1) is 10.5. The maximum absolute atomic E-state index is 11.8. The molecule has 1 aromatic carbocycles. The van der Waals surface area contributed by atoms with Gasteiger partial charge < -0.3 is 10.1 Å². The van der Waals surface area contributed by atoms with Gasteiger partial charge in [-0.3, -0.25) is 9.36 Å². The largest absolute Gasteiger partial charge is 0.495 e. The molecule has 0 aliphatic rings. The molecular formula is C16H21N3O2S. The number of carbonyl (C=O) groups excluding carboxylic acids is 1. The molecule has 2 aromatic rings. The van der Waals surface area contributed by atoms with Crippen molar-refractivity contribution >= 4 is 17.7 Å². The van der Waals surface area contributed by atoms with Crippen LogP contribution in [0.15, 0.2) is 35.7 Å². The molecule has 0 aliphatic carbocycles. The molecule has 0 atom stereocenters. The predicted octanol–water partition coefficient (Wildman–Crippen LogP) is 2.81. The molecule has 5 nitrogen and oxygen atoms in total. The molecule has 0 saturated carbocycles. The van der Waals surface area contributed by atoms with Crippen LogP contribution in [0.25, 0.3) is 5.69 Å². The minimum atomic E-state index is 0.00533. The Bertz CT molecular complexity index is 653. The van der Waals surface area contributed by atoms with E-state index < -0.39 is 0 Å². The van der Waals surface area contributed by atoms with Gasteiger partial charge in [-0.1, -0.05) is 17.8 Å². The van der Waals surface area contributed by atoms with E-state index in [0.29, 0.717) is 5.75 Å². The summed E-state index contributed by atoms with van der Waals surface area (Å²) >= 11 is 1.41. The van der Waals surface area contributed by atoms with Gasteiger partial charge in [-0.15, -0.1) is 0 Å². The van der Waals surface area contributed by atoms with Gasteiger partial charge in [0.2, 0.25) is 5.91 Å². The van der Waals surface area contributed by atoms with Gasteiger partial charge in [0, 0.05) is 18.4 Å². The SMILES string of the molecule is COc1ccc(C)cc1-n1ccnc1SCC(=O)NC(C)C. The number of amides is 1. The maximum atomic E-state index is 11.8. The Morgan fingerprint density at radius 3 is 2.91 bits per heavy atom. The van der Waals surface area contributed by atoms with Gasteiger partial charge in [-0.05, 0) is 38.5 Å². The van der Waals surface area contributed by atoms with Crippen molar-refractivity contribution in [2.75, 3.05) is 12.9 Å². The van der Waals surface area contributed by atoms with E-state index in [1.54, 1.807) is 13.3 Å². The Morgan fingerprint density at radius 1 is 1.45 bits per heavy atom. The Balaban J connectivity index is 2.19. The van der Waals surface area contributed by atoms with Crippen molar-refractivity contribution in [2.45, 2.75) is 32.0 Å². The van der Waals surface area contributed by atoms with Crippen LogP contribution in [0.5, 0.6) is 5.75 Å². The van der Waals surface area contributed by atoms with Crippen molar-refractivity contribution < 1.29 is 9.53 Å². The van der Waals surface area contributed by atoms with Gasteiger partial charge in [0.1, 0.15) is 5.75 Å². The summed E-state index contributed by atoms with van der Waals surface area (Å²) in [6.07, 6.45) is 3.60. The molecule has 0 fully saturated rings. The first-order valence-electron chi connectivity index (χ1n) is 7.11. The first kappa shape index (κ1) is 16.4. The van der Waals surface area contributed by atoms with Gasteiger partial charge in [0.25, 0.3) is 0 Å². The number of aromatic nitrogens is 2. The predicted molar refractivity (Wildman–Crippen MR) is 88.9 cm³/mol. The highest BCUT2D eigenvalue weighted by Gasteiger charge is 2.13. The summed E-state index contributed by atoms with van der Waals surface area (Å²) in [7, 11) is 1.65. The summed E-state index contributed by atoms with van der Waals surface area (Å²) in [5.74, 6) is 1.12. The molecule has 6 heteroatoms. The summed E-state index contributed by atoms with van der Waals surface area (Å²) in [4.78, 5) is 16.1. The number of benzene rings is 1. The van der Waals surface area contributed by atoms with Crippen molar-refractivity contribution in [1.29, 1.82) is 0 Å². The maximum Gasteiger partial charge on any atom is 0.230 e. The smallest absolute Gasteiger partial charge is 0.230 e. The van der Waals surface area contributed by atoms with E-state index in [2.05, 4.69) is 10.3 Å². The standard InChI is InChI=1S/C16H21N3O2S/c1-11(2)18-15(20)10-22-16-17-7-8-19(16)13-9-12(3)5-6-14(13)21-4/h5-9,11H,10H2,1-4H3,(H,18,20). The lowest BCUT2D eigenvalue weighted by atomic mass is 10.2. The van der Waals surface area contributed by atoms with E-state index in [1.807, 2.05) is 49.7 Å². The second-order valence-corrected chi connectivity index (χ2v) is 6.21. The molecule has 1 amide bonds. The lowest BCUT2D eigenvalue weighted by Crippen LogP contribution is -2.31. The second-order valence-electron chi connectivity index (χ2n) is 5.27. The van der Waals surface area contributed by atoms with Crippen LogP contribution in [0.1, 0.15) is 19.4 Å². The molecule has 118 valence electrons.